The maximum atomic E-state index is 11.2. The molecule has 1 aromatic carbocycles. The molecule has 1 aromatic heterocycles. The van der Waals surface area contributed by atoms with Crippen LogP contribution in [0.2, 0.25) is 0 Å². The Morgan fingerprint density at radius 1 is 1.22 bits per heavy atom. The molecule has 0 aliphatic carbocycles. The second kappa shape index (κ2) is 5.22. The van der Waals surface area contributed by atoms with Crippen LogP contribution in [0.5, 0.6) is 0 Å². The molecule has 0 amide bonds. The Bertz CT molecular complexity index is 628. The van der Waals surface area contributed by atoms with Gasteiger partial charge in [0, 0.05) is 4.88 Å². The largest absolute Gasteiger partial charge is 0.744 e. The highest BCUT2D eigenvalue weighted by Crippen LogP contribution is 2.20. The van der Waals surface area contributed by atoms with E-state index in [1.165, 1.54) is 10.9 Å². The molecule has 96 valence electrons. The lowest BCUT2D eigenvalue weighted by Crippen LogP contribution is -2.05. The number of benzene rings is 1. The first-order valence-electron chi connectivity index (χ1n) is 5.54. The van der Waals surface area contributed by atoms with E-state index in [4.69, 9.17) is 0 Å². The van der Waals surface area contributed by atoms with Crippen molar-refractivity contribution in [3.63, 3.8) is 0 Å². The minimum atomic E-state index is -4.39. The van der Waals surface area contributed by atoms with Crippen LogP contribution in [0.4, 0.5) is 0 Å². The molecule has 0 aliphatic heterocycles. The highest BCUT2D eigenvalue weighted by atomic mass is 32.2. The lowest BCUT2D eigenvalue weighted by atomic mass is 10.1. The first-order chi connectivity index (χ1) is 8.47. The van der Waals surface area contributed by atoms with Crippen molar-refractivity contribution >= 4 is 21.5 Å². The fourth-order valence-corrected chi connectivity index (χ4v) is 3.29. The number of hydrogen-bond acceptors (Lipinski definition) is 4. The van der Waals surface area contributed by atoms with Crippen molar-refractivity contribution in [1.29, 1.82) is 0 Å². The van der Waals surface area contributed by atoms with Crippen LogP contribution in [0.25, 0.3) is 0 Å². The van der Waals surface area contributed by atoms with Crippen molar-refractivity contribution in [3.8, 4) is 0 Å². The molecule has 0 atom stereocenters. The summed E-state index contributed by atoms with van der Waals surface area (Å²) in [6.45, 7) is 1.88. The number of rotatable bonds is 4. The molecule has 0 spiro atoms. The molecule has 0 unspecified atom stereocenters. The van der Waals surface area contributed by atoms with Gasteiger partial charge in [0.05, 0.1) is 4.90 Å². The van der Waals surface area contributed by atoms with E-state index in [0.717, 1.165) is 12.0 Å². The van der Waals surface area contributed by atoms with Crippen molar-refractivity contribution in [2.45, 2.75) is 24.7 Å². The molecule has 1 heterocycles. The van der Waals surface area contributed by atoms with E-state index in [1.807, 2.05) is 24.4 Å². The molecule has 0 bridgehead atoms. The van der Waals surface area contributed by atoms with Crippen molar-refractivity contribution < 1.29 is 13.0 Å². The van der Waals surface area contributed by atoms with E-state index in [0.29, 0.717) is 12.0 Å². The topological polar surface area (TPSA) is 57.2 Å². The van der Waals surface area contributed by atoms with Crippen LogP contribution in [-0.2, 0) is 23.0 Å². The summed E-state index contributed by atoms with van der Waals surface area (Å²) in [5, 5.41) is 1.98. The Hall–Kier alpha value is -1.17. The average molecular weight is 281 g/mol. The van der Waals surface area contributed by atoms with Gasteiger partial charge in [-0.15, -0.1) is 11.3 Å². The summed E-state index contributed by atoms with van der Waals surface area (Å²) < 4.78 is 33.5. The van der Waals surface area contributed by atoms with Crippen LogP contribution < -0.4 is 0 Å². The van der Waals surface area contributed by atoms with Crippen LogP contribution in [0.15, 0.2) is 40.6 Å². The van der Waals surface area contributed by atoms with Gasteiger partial charge >= 0.3 is 0 Å². The maximum Gasteiger partial charge on any atom is 0.124 e. The van der Waals surface area contributed by atoms with Gasteiger partial charge in [0.1, 0.15) is 10.1 Å². The first-order valence-corrected chi connectivity index (χ1v) is 7.83. The molecule has 2 aromatic rings. The Morgan fingerprint density at radius 3 is 2.61 bits per heavy atom. The van der Waals surface area contributed by atoms with E-state index < -0.39 is 10.1 Å². The summed E-state index contributed by atoms with van der Waals surface area (Å²) >= 11 is 1.63. The molecule has 0 aliphatic rings. The Labute approximate surface area is 111 Å². The Kier molecular flexibility index (Phi) is 3.85. The fraction of sp³-hybridized carbons (Fsp3) is 0.231. The zero-order valence-corrected chi connectivity index (χ0v) is 11.6. The minimum Gasteiger partial charge on any atom is -0.744 e. The molecular weight excluding hydrogens is 268 g/mol. The molecular formula is C13H13O3S2-. The monoisotopic (exact) mass is 281 g/mol. The van der Waals surface area contributed by atoms with Gasteiger partial charge in [-0.05, 0) is 42.8 Å². The number of thiophene rings is 1. The van der Waals surface area contributed by atoms with E-state index in [9.17, 15) is 13.0 Å². The molecule has 0 fully saturated rings. The minimum absolute atomic E-state index is 0.0929. The lowest BCUT2D eigenvalue weighted by molar-refractivity contribution is 0.462. The van der Waals surface area contributed by atoms with E-state index >= 15 is 0 Å². The second-order valence-electron chi connectivity index (χ2n) is 4.14. The summed E-state index contributed by atoms with van der Waals surface area (Å²) in [6, 6.07) is 8.80. The van der Waals surface area contributed by atoms with Crippen molar-refractivity contribution in [2.75, 3.05) is 0 Å². The van der Waals surface area contributed by atoms with E-state index in [1.54, 1.807) is 23.5 Å². The molecule has 0 saturated carbocycles. The molecule has 0 radical (unpaired) electrons. The van der Waals surface area contributed by atoms with Gasteiger partial charge in [-0.25, -0.2) is 8.42 Å². The van der Waals surface area contributed by atoms with Crippen LogP contribution >= 0.6 is 11.3 Å². The smallest absolute Gasteiger partial charge is 0.124 e. The van der Waals surface area contributed by atoms with Crippen LogP contribution in [0.1, 0.15) is 16.0 Å². The molecule has 2 rings (SSSR count). The first kappa shape index (κ1) is 13.3. The zero-order chi connectivity index (χ0) is 13.2. The third-order valence-electron chi connectivity index (χ3n) is 2.71. The summed E-state index contributed by atoms with van der Waals surface area (Å²) in [7, 11) is -4.39. The van der Waals surface area contributed by atoms with Gasteiger partial charge in [0.25, 0.3) is 0 Å². The van der Waals surface area contributed by atoms with Crippen LogP contribution in [-0.4, -0.2) is 13.0 Å². The van der Waals surface area contributed by atoms with Gasteiger partial charge < -0.3 is 4.55 Å². The summed E-state index contributed by atoms with van der Waals surface area (Å²) in [4.78, 5) is 1.09. The quantitative estimate of drug-likeness (QED) is 0.810. The summed E-state index contributed by atoms with van der Waals surface area (Å²) in [5.41, 5.74) is 1.57. The van der Waals surface area contributed by atoms with Gasteiger partial charge in [0.2, 0.25) is 0 Å². The average Bonchev–Trinajstić information content (AvgIpc) is 2.77. The Balaban J connectivity index is 2.28. The highest BCUT2D eigenvalue weighted by Gasteiger charge is 2.09. The molecule has 0 saturated heterocycles. The fourth-order valence-electron chi connectivity index (χ4n) is 1.86. The third-order valence-corrected chi connectivity index (χ3v) is 4.58. The summed E-state index contributed by atoms with van der Waals surface area (Å²) in [5.74, 6) is 0. The number of aryl methyl sites for hydroxylation is 3. The summed E-state index contributed by atoms with van der Waals surface area (Å²) in [6.07, 6.45) is 1.32. The SMILES string of the molecule is Cc1ccc(S(=O)(=O)[O-])c(CCc2cccs2)c1. The van der Waals surface area contributed by atoms with E-state index in [2.05, 4.69) is 0 Å². The van der Waals surface area contributed by atoms with Crippen LogP contribution in [0, 0.1) is 6.92 Å². The number of hydrogen-bond donors (Lipinski definition) is 0. The van der Waals surface area contributed by atoms with E-state index in [-0.39, 0.29) is 4.90 Å². The normalized spacial score (nSPS) is 11.7. The van der Waals surface area contributed by atoms with Gasteiger partial charge in [0.15, 0.2) is 0 Å². The van der Waals surface area contributed by atoms with Gasteiger partial charge in [-0.1, -0.05) is 23.8 Å². The van der Waals surface area contributed by atoms with Crippen molar-refractivity contribution in [1.82, 2.24) is 0 Å². The van der Waals surface area contributed by atoms with Crippen LogP contribution in [0.3, 0.4) is 0 Å². The predicted octanol–water partition coefficient (Wildman–Crippen LogP) is 2.75. The van der Waals surface area contributed by atoms with Crippen molar-refractivity contribution in [3.05, 3.63) is 51.7 Å². The molecule has 3 nitrogen and oxygen atoms in total. The molecule has 18 heavy (non-hydrogen) atoms. The van der Waals surface area contributed by atoms with Crippen molar-refractivity contribution in [2.24, 2.45) is 0 Å². The third kappa shape index (κ3) is 3.19. The standard InChI is InChI=1S/C13H14O3S2/c1-10-4-7-13(18(14,15)16)11(9-10)5-6-12-3-2-8-17-12/h2-4,7-9H,5-6H2,1H3,(H,14,15,16)/p-1. The Morgan fingerprint density at radius 2 is 2.00 bits per heavy atom. The predicted molar refractivity (Wildman–Crippen MR) is 70.9 cm³/mol. The highest BCUT2D eigenvalue weighted by molar-refractivity contribution is 7.85. The maximum absolute atomic E-state index is 11.2. The lowest BCUT2D eigenvalue weighted by Gasteiger charge is -2.13. The van der Waals surface area contributed by atoms with Gasteiger partial charge in [-0.3, -0.25) is 0 Å². The second-order valence-corrected chi connectivity index (χ2v) is 6.52. The molecule has 5 heteroatoms. The molecule has 0 N–H and O–H groups in total. The zero-order valence-electron chi connectivity index (χ0n) is 9.92. The van der Waals surface area contributed by atoms with Gasteiger partial charge in [-0.2, -0.15) is 0 Å².